The first-order valence-electron chi connectivity index (χ1n) is 12.1. The fraction of sp³-hybridized carbons (Fsp3) is 0.154. The van der Waals surface area contributed by atoms with Crippen LogP contribution in [-0.2, 0) is 30.4 Å². The Kier molecular flexibility index (Phi) is 8.26. The molecule has 0 aromatic heterocycles. The number of nitrogens with two attached hydrogens (primary N) is 1. The predicted octanol–water partition coefficient (Wildman–Crippen LogP) is 6.23. The van der Waals surface area contributed by atoms with Crippen molar-refractivity contribution in [3.63, 3.8) is 0 Å². The molecule has 0 fully saturated rings. The Hall–Kier alpha value is -4.13. The summed E-state index contributed by atoms with van der Waals surface area (Å²) in [6.45, 7) is 7.12. The van der Waals surface area contributed by atoms with Gasteiger partial charge in [0.15, 0.2) is 0 Å². The maximum absolute atomic E-state index is 12.2. The highest BCUT2D eigenvalue weighted by molar-refractivity contribution is 7.87. The molecule has 0 spiro atoms. The van der Waals surface area contributed by atoms with Crippen LogP contribution < -0.4 is 5.73 Å². The van der Waals surface area contributed by atoms with Crippen LogP contribution in [0.4, 0.5) is 28.4 Å². The van der Waals surface area contributed by atoms with Gasteiger partial charge < -0.3 is 5.73 Å². The van der Waals surface area contributed by atoms with Gasteiger partial charge >= 0.3 is 0 Å². The van der Waals surface area contributed by atoms with E-state index in [0.717, 1.165) is 29.3 Å². The number of nitrogens with zero attached hydrogens (tertiary/aromatic N) is 4. The highest BCUT2D eigenvalue weighted by Gasteiger charge is 2.24. The molecule has 0 saturated heterocycles. The second kappa shape index (κ2) is 11.2. The van der Waals surface area contributed by atoms with Crippen LogP contribution in [0, 0.1) is 27.7 Å². The number of nitrogen functional groups attached to an aromatic ring is 1. The van der Waals surface area contributed by atoms with Crippen molar-refractivity contribution in [2.24, 2.45) is 20.5 Å². The van der Waals surface area contributed by atoms with E-state index in [1.165, 1.54) is 0 Å². The van der Waals surface area contributed by atoms with Crippen LogP contribution in [0.25, 0.3) is 10.8 Å². The molecular weight excluding hydrogens is 623 g/mol. The van der Waals surface area contributed by atoms with Gasteiger partial charge in [0.2, 0.25) is 0 Å². The molecule has 4 rings (SSSR count). The quantitative estimate of drug-likeness (QED) is 0.100. The number of fused-ring (bicyclic) bond motifs is 1. The molecule has 14 nitrogen and oxygen atoms in total. The maximum atomic E-state index is 12.2. The first-order chi connectivity index (χ1) is 19.8. The zero-order chi connectivity index (χ0) is 32.1. The van der Waals surface area contributed by atoms with Crippen LogP contribution in [0.2, 0.25) is 0 Å². The largest absolute Gasteiger partial charge is 0.399 e. The maximum Gasteiger partial charge on any atom is 0.296 e. The fourth-order valence-electron chi connectivity index (χ4n) is 4.11. The Bertz CT molecular complexity index is 2210. The van der Waals surface area contributed by atoms with Crippen molar-refractivity contribution in [2.75, 3.05) is 5.73 Å². The Morgan fingerprint density at radius 3 is 1.42 bits per heavy atom. The van der Waals surface area contributed by atoms with Gasteiger partial charge in [-0.05, 0) is 104 Å². The van der Waals surface area contributed by atoms with Gasteiger partial charge in [0.05, 0.1) is 22.0 Å². The Balaban J connectivity index is 1.83. The molecule has 0 radical (unpaired) electrons. The van der Waals surface area contributed by atoms with E-state index in [4.69, 9.17) is 5.73 Å². The average molecular weight is 648 g/mol. The van der Waals surface area contributed by atoms with Crippen LogP contribution in [0.5, 0.6) is 0 Å². The average Bonchev–Trinajstić information content (AvgIpc) is 2.87. The van der Waals surface area contributed by atoms with E-state index in [1.807, 2.05) is 19.9 Å². The summed E-state index contributed by atoms with van der Waals surface area (Å²) in [4.78, 5) is -2.73. The van der Waals surface area contributed by atoms with E-state index in [2.05, 4.69) is 20.5 Å². The summed E-state index contributed by atoms with van der Waals surface area (Å²) in [6, 6.07) is 9.77. The number of azo groups is 2. The summed E-state index contributed by atoms with van der Waals surface area (Å²) in [6.07, 6.45) is 0. The van der Waals surface area contributed by atoms with Gasteiger partial charge in [-0.3, -0.25) is 13.7 Å². The third kappa shape index (κ3) is 6.93. The van der Waals surface area contributed by atoms with Gasteiger partial charge in [0.1, 0.15) is 15.5 Å². The molecule has 0 aliphatic heterocycles. The SMILES string of the molecule is Cc1cc(N=Nc2cc(C)c(N=Nc3cc4c(S(=O)(=O)O)cc(S(=O)(=O)O)cc4cc3S(=O)(=O)O)cc2C)c(C)cc1N. The van der Waals surface area contributed by atoms with Crippen molar-refractivity contribution in [1.29, 1.82) is 0 Å². The summed E-state index contributed by atoms with van der Waals surface area (Å²) < 4.78 is 101. The van der Waals surface area contributed by atoms with Gasteiger partial charge in [0.25, 0.3) is 30.4 Å². The fourth-order valence-corrected chi connectivity index (χ4v) is 6.10. The Labute approximate surface area is 247 Å². The summed E-state index contributed by atoms with van der Waals surface area (Å²) >= 11 is 0. The second-order valence-corrected chi connectivity index (χ2v) is 13.9. The van der Waals surface area contributed by atoms with Crippen molar-refractivity contribution >= 4 is 69.6 Å². The third-order valence-corrected chi connectivity index (χ3v) is 9.06. The molecule has 5 N–H and O–H groups in total. The molecule has 0 atom stereocenters. The minimum Gasteiger partial charge on any atom is -0.399 e. The van der Waals surface area contributed by atoms with Gasteiger partial charge in [-0.25, -0.2) is 0 Å². The standard InChI is InChI=1S/C26H25N5O9S3/c1-13-6-21(14(2)5-20(13)27)28-29-22-7-16(4)23(8-15(22)3)30-31-24-12-19-17(10-26(24)43(38,39)40)9-18(41(32,33)34)11-25(19)42(35,36)37/h5-12H,27H2,1-4H3,(H,32,33,34)(H,35,36,37)(H,38,39,40). The van der Waals surface area contributed by atoms with Crippen LogP contribution in [-0.4, -0.2) is 38.9 Å². The second-order valence-electron chi connectivity index (χ2n) is 9.71. The predicted molar refractivity (Wildman–Crippen MR) is 158 cm³/mol. The highest BCUT2D eigenvalue weighted by atomic mass is 32.2. The molecule has 0 heterocycles. The minimum atomic E-state index is -5.08. The van der Waals surface area contributed by atoms with Crippen molar-refractivity contribution in [3.05, 3.63) is 70.8 Å². The molecule has 226 valence electrons. The number of anilines is 1. The van der Waals surface area contributed by atoms with Crippen molar-refractivity contribution in [1.82, 2.24) is 0 Å². The van der Waals surface area contributed by atoms with E-state index in [-0.39, 0.29) is 16.5 Å². The third-order valence-electron chi connectivity index (χ3n) is 6.45. The molecule has 0 unspecified atom stereocenters. The molecule has 4 aromatic rings. The van der Waals surface area contributed by atoms with E-state index in [9.17, 15) is 38.9 Å². The normalized spacial score (nSPS) is 13.0. The van der Waals surface area contributed by atoms with Crippen molar-refractivity contribution in [2.45, 2.75) is 42.4 Å². The van der Waals surface area contributed by atoms with Gasteiger partial charge in [-0.2, -0.15) is 40.6 Å². The minimum absolute atomic E-state index is 0.272. The zero-order valence-corrected chi connectivity index (χ0v) is 25.5. The van der Waals surface area contributed by atoms with Crippen molar-refractivity contribution in [3.8, 4) is 0 Å². The molecular formula is C26H25N5O9S3. The number of rotatable bonds is 7. The van der Waals surface area contributed by atoms with E-state index in [1.54, 1.807) is 32.0 Å². The summed E-state index contributed by atoms with van der Waals surface area (Å²) in [5.74, 6) is 0. The monoisotopic (exact) mass is 647 g/mol. The topological polar surface area (TPSA) is 239 Å². The number of aryl methyl sites for hydroxylation is 4. The lowest BCUT2D eigenvalue weighted by Crippen LogP contribution is -2.05. The van der Waals surface area contributed by atoms with E-state index >= 15 is 0 Å². The lowest BCUT2D eigenvalue weighted by molar-refractivity contribution is 0.480. The summed E-state index contributed by atoms with van der Waals surface area (Å²) in [5, 5.41) is 15.9. The highest BCUT2D eigenvalue weighted by Crippen LogP contribution is 2.37. The summed E-state index contributed by atoms with van der Waals surface area (Å²) in [5.41, 5.74) is 10.3. The van der Waals surface area contributed by atoms with E-state index in [0.29, 0.717) is 34.3 Å². The molecule has 0 aliphatic rings. The number of benzene rings is 4. The molecule has 0 bridgehead atoms. The summed E-state index contributed by atoms with van der Waals surface area (Å²) in [7, 11) is -15.1. The lowest BCUT2D eigenvalue weighted by atomic mass is 10.1. The molecule has 43 heavy (non-hydrogen) atoms. The first kappa shape index (κ1) is 31.8. The Morgan fingerprint density at radius 2 is 0.953 bits per heavy atom. The molecule has 0 aliphatic carbocycles. The smallest absolute Gasteiger partial charge is 0.296 e. The van der Waals surface area contributed by atoms with E-state index < -0.39 is 50.7 Å². The van der Waals surface area contributed by atoms with Gasteiger partial charge in [-0.1, -0.05) is 0 Å². The zero-order valence-electron chi connectivity index (χ0n) is 23.0. The molecule has 0 amide bonds. The van der Waals surface area contributed by atoms with Crippen molar-refractivity contribution < 1.29 is 38.9 Å². The number of hydrogen-bond acceptors (Lipinski definition) is 11. The lowest BCUT2D eigenvalue weighted by Gasteiger charge is -2.10. The van der Waals surface area contributed by atoms with Crippen LogP contribution in [0.15, 0.2) is 83.7 Å². The van der Waals surface area contributed by atoms with Crippen LogP contribution >= 0.6 is 0 Å². The molecule has 0 saturated carbocycles. The molecule has 4 aromatic carbocycles. The molecule has 17 heteroatoms. The van der Waals surface area contributed by atoms with Crippen LogP contribution in [0.3, 0.4) is 0 Å². The van der Waals surface area contributed by atoms with Crippen LogP contribution in [0.1, 0.15) is 22.3 Å². The Morgan fingerprint density at radius 1 is 0.512 bits per heavy atom. The first-order valence-corrected chi connectivity index (χ1v) is 16.4. The van der Waals surface area contributed by atoms with Gasteiger partial charge in [0, 0.05) is 11.1 Å². The van der Waals surface area contributed by atoms with Gasteiger partial charge in [-0.15, -0.1) is 5.11 Å². The number of hydrogen-bond donors (Lipinski definition) is 4.